The molecule has 0 aromatic carbocycles. The summed E-state index contributed by atoms with van der Waals surface area (Å²) >= 11 is 3.53. The van der Waals surface area contributed by atoms with Crippen LogP contribution in [0, 0.1) is 0 Å². The van der Waals surface area contributed by atoms with Gasteiger partial charge >= 0.3 is 0 Å². The molecule has 2 aromatic rings. The summed E-state index contributed by atoms with van der Waals surface area (Å²) in [7, 11) is 0. The zero-order valence-electron chi connectivity index (χ0n) is 16.1. The van der Waals surface area contributed by atoms with Crippen molar-refractivity contribution in [3.05, 3.63) is 28.6 Å². The van der Waals surface area contributed by atoms with E-state index in [4.69, 9.17) is 5.73 Å². The number of amides is 1. The first-order chi connectivity index (χ1) is 13.6. The number of hydrogen-bond donors (Lipinski definition) is 3. The van der Waals surface area contributed by atoms with Crippen LogP contribution < -0.4 is 16.4 Å². The lowest BCUT2D eigenvalue weighted by Crippen LogP contribution is -2.38. The topological polar surface area (TPSA) is 92.9 Å². The number of nitrogens with two attached hydrogens (primary N) is 1. The van der Waals surface area contributed by atoms with E-state index in [0.29, 0.717) is 10.3 Å². The summed E-state index contributed by atoms with van der Waals surface area (Å²) in [6.45, 7) is 0. The van der Waals surface area contributed by atoms with Gasteiger partial charge in [-0.2, -0.15) is 0 Å². The molecule has 2 aliphatic carbocycles. The quantitative estimate of drug-likeness (QED) is 0.614. The number of hydrogen-bond acceptors (Lipinski definition) is 5. The van der Waals surface area contributed by atoms with Gasteiger partial charge in [-0.25, -0.2) is 4.98 Å². The molecule has 2 fully saturated rings. The Morgan fingerprint density at radius 3 is 2.57 bits per heavy atom. The lowest BCUT2D eigenvalue weighted by molar-refractivity contribution is 0.0923. The lowest BCUT2D eigenvalue weighted by Gasteiger charge is -2.29. The highest BCUT2D eigenvalue weighted by Gasteiger charge is 2.26. The Balaban J connectivity index is 1.66. The van der Waals surface area contributed by atoms with Gasteiger partial charge < -0.3 is 16.4 Å². The minimum atomic E-state index is -0.116. The summed E-state index contributed by atoms with van der Waals surface area (Å²) in [5, 5.41) is 7.71. The Bertz CT molecular complexity index is 844. The Labute approximate surface area is 174 Å². The van der Waals surface area contributed by atoms with Crippen molar-refractivity contribution in [2.75, 3.05) is 5.32 Å². The van der Waals surface area contributed by atoms with Gasteiger partial charge in [0.15, 0.2) is 5.69 Å². The van der Waals surface area contributed by atoms with Crippen LogP contribution in [-0.4, -0.2) is 34.0 Å². The van der Waals surface area contributed by atoms with E-state index in [0.717, 1.165) is 55.1 Å². The molecule has 1 amide bonds. The number of aromatic nitrogens is 2. The summed E-state index contributed by atoms with van der Waals surface area (Å²) in [5.74, 6) is -0.116. The summed E-state index contributed by atoms with van der Waals surface area (Å²) in [6, 6.07) is 4.67. The number of carbonyl (C=O) groups excluding carboxylic acids is 1. The number of halogens is 1. The first-order valence-corrected chi connectivity index (χ1v) is 11.2. The average molecular weight is 446 g/mol. The van der Waals surface area contributed by atoms with Gasteiger partial charge in [0.2, 0.25) is 0 Å². The third kappa shape index (κ3) is 4.30. The van der Waals surface area contributed by atoms with E-state index in [1.54, 1.807) is 6.20 Å². The maximum absolute atomic E-state index is 13.1. The maximum Gasteiger partial charge on any atom is 0.272 e. The predicted molar refractivity (Wildman–Crippen MR) is 115 cm³/mol. The Hall–Kier alpha value is -1.73. The van der Waals surface area contributed by atoms with Gasteiger partial charge in [0.25, 0.3) is 5.91 Å². The van der Waals surface area contributed by atoms with Gasteiger partial charge in [0.1, 0.15) is 4.60 Å². The molecule has 0 unspecified atom stereocenters. The van der Waals surface area contributed by atoms with E-state index in [9.17, 15) is 4.79 Å². The second kappa shape index (κ2) is 8.74. The standard InChI is InChI=1S/C21H28BrN5O/c22-20-16-7-4-12-24-17(16)18(25-15-10-8-13(23)9-11-15)19(27-20)21(28)26-14-5-2-1-3-6-14/h4,7,12-15,25H,1-3,5-6,8-11,23H2,(H,26,28). The Morgan fingerprint density at radius 2 is 1.82 bits per heavy atom. The number of pyridine rings is 2. The van der Waals surface area contributed by atoms with Crippen molar-refractivity contribution in [2.24, 2.45) is 5.73 Å². The molecular formula is C21H28BrN5O. The minimum Gasteiger partial charge on any atom is -0.379 e. The van der Waals surface area contributed by atoms with Gasteiger partial charge in [-0.05, 0) is 66.6 Å². The van der Waals surface area contributed by atoms with Gasteiger partial charge in [0, 0.05) is 29.7 Å². The van der Waals surface area contributed by atoms with Crippen LogP contribution >= 0.6 is 15.9 Å². The summed E-state index contributed by atoms with van der Waals surface area (Å²) in [5.41, 5.74) is 8.02. The molecule has 0 saturated heterocycles. The molecule has 6 nitrogen and oxygen atoms in total. The molecule has 2 aliphatic rings. The number of carbonyl (C=O) groups is 1. The van der Waals surface area contributed by atoms with E-state index in [1.165, 1.54) is 19.3 Å². The van der Waals surface area contributed by atoms with Crippen LogP contribution in [0.5, 0.6) is 0 Å². The number of nitrogens with one attached hydrogen (secondary N) is 2. The highest BCUT2D eigenvalue weighted by molar-refractivity contribution is 9.10. The van der Waals surface area contributed by atoms with E-state index in [1.807, 2.05) is 12.1 Å². The van der Waals surface area contributed by atoms with Gasteiger partial charge in [-0.1, -0.05) is 19.3 Å². The molecule has 0 atom stereocenters. The molecule has 7 heteroatoms. The van der Waals surface area contributed by atoms with E-state index >= 15 is 0 Å². The number of nitrogens with zero attached hydrogens (tertiary/aromatic N) is 2. The highest BCUT2D eigenvalue weighted by Crippen LogP contribution is 2.32. The monoisotopic (exact) mass is 445 g/mol. The van der Waals surface area contributed by atoms with Gasteiger partial charge in [-0.15, -0.1) is 0 Å². The van der Waals surface area contributed by atoms with Gasteiger partial charge in [-0.3, -0.25) is 9.78 Å². The molecule has 2 aromatic heterocycles. The molecule has 0 bridgehead atoms. The SMILES string of the molecule is NC1CCC(Nc2c(C(=O)NC3CCCCC3)nc(Br)c3cccnc23)CC1. The fourth-order valence-electron chi connectivity index (χ4n) is 4.37. The Morgan fingerprint density at radius 1 is 1.07 bits per heavy atom. The van der Waals surface area contributed by atoms with Crippen molar-refractivity contribution in [3.8, 4) is 0 Å². The molecule has 2 saturated carbocycles. The number of rotatable bonds is 4. The zero-order valence-corrected chi connectivity index (χ0v) is 17.7. The maximum atomic E-state index is 13.1. The number of anilines is 1. The minimum absolute atomic E-state index is 0.116. The van der Waals surface area contributed by atoms with Gasteiger partial charge in [0.05, 0.1) is 11.2 Å². The Kier molecular flexibility index (Phi) is 6.11. The highest BCUT2D eigenvalue weighted by atomic mass is 79.9. The zero-order chi connectivity index (χ0) is 19.5. The van der Waals surface area contributed by atoms with Crippen LogP contribution in [-0.2, 0) is 0 Å². The van der Waals surface area contributed by atoms with Crippen molar-refractivity contribution >= 4 is 38.4 Å². The summed E-state index contributed by atoms with van der Waals surface area (Å²) in [4.78, 5) is 22.3. The van der Waals surface area contributed by atoms with Crippen molar-refractivity contribution in [2.45, 2.75) is 75.9 Å². The van der Waals surface area contributed by atoms with Crippen LogP contribution in [0.3, 0.4) is 0 Å². The second-order valence-electron chi connectivity index (χ2n) is 8.09. The third-order valence-corrected chi connectivity index (χ3v) is 6.59. The molecule has 2 heterocycles. The van der Waals surface area contributed by atoms with Crippen molar-refractivity contribution < 1.29 is 4.79 Å². The molecule has 0 aliphatic heterocycles. The smallest absolute Gasteiger partial charge is 0.272 e. The predicted octanol–water partition coefficient (Wildman–Crippen LogP) is 4.14. The van der Waals surface area contributed by atoms with Crippen molar-refractivity contribution in [1.82, 2.24) is 15.3 Å². The molecule has 4 N–H and O–H groups in total. The van der Waals surface area contributed by atoms with Crippen LogP contribution in [0.2, 0.25) is 0 Å². The van der Waals surface area contributed by atoms with E-state index < -0.39 is 0 Å². The normalized spacial score (nSPS) is 23.5. The summed E-state index contributed by atoms with van der Waals surface area (Å²) < 4.78 is 0.653. The first kappa shape index (κ1) is 19.6. The second-order valence-corrected chi connectivity index (χ2v) is 8.84. The molecule has 0 radical (unpaired) electrons. The molecule has 28 heavy (non-hydrogen) atoms. The molecule has 4 rings (SSSR count). The molecule has 0 spiro atoms. The summed E-state index contributed by atoms with van der Waals surface area (Å²) in [6.07, 6.45) is 11.4. The van der Waals surface area contributed by atoms with Crippen LogP contribution in [0.1, 0.15) is 68.3 Å². The third-order valence-electron chi connectivity index (χ3n) is 5.99. The van der Waals surface area contributed by atoms with E-state index in [-0.39, 0.29) is 24.0 Å². The van der Waals surface area contributed by atoms with Crippen LogP contribution in [0.25, 0.3) is 10.9 Å². The van der Waals surface area contributed by atoms with Crippen molar-refractivity contribution in [3.63, 3.8) is 0 Å². The van der Waals surface area contributed by atoms with E-state index in [2.05, 4.69) is 36.5 Å². The molecular weight excluding hydrogens is 418 g/mol. The molecule has 150 valence electrons. The first-order valence-electron chi connectivity index (χ1n) is 10.4. The fourth-order valence-corrected chi connectivity index (χ4v) is 4.86. The lowest BCUT2D eigenvalue weighted by atomic mass is 9.91. The average Bonchev–Trinajstić information content (AvgIpc) is 2.72. The van der Waals surface area contributed by atoms with Crippen molar-refractivity contribution in [1.29, 1.82) is 0 Å². The number of fused-ring (bicyclic) bond motifs is 1. The largest absolute Gasteiger partial charge is 0.379 e. The van der Waals surface area contributed by atoms with Crippen LogP contribution in [0.4, 0.5) is 5.69 Å². The fraction of sp³-hybridized carbons (Fsp3) is 0.571. The van der Waals surface area contributed by atoms with Crippen LogP contribution in [0.15, 0.2) is 22.9 Å².